The molecule has 6 heteroatoms. The summed E-state index contributed by atoms with van der Waals surface area (Å²) in [5.41, 5.74) is 6.10. The minimum absolute atomic E-state index is 0.269. The maximum absolute atomic E-state index is 5.86. The normalized spacial score (nSPS) is 10.5. The number of hydrogen-bond donors (Lipinski definition) is 1. The summed E-state index contributed by atoms with van der Waals surface area (Å²) in [6, 6.07) is 6.79. The third-order valence-electron chi connectivity index (χ3n) is 2.09. The summed E-state index contributed by atoms with van der Waals surface area (Å²) in [5, 5.41) is 4.69. The molecule has 0 atom stereocenters. The second-order valence-electron chi connectivity index (χ2n) is 3.35. The molecule has 2 N–H and O–H groups in total. The molecule has 1 aromatic carbocycles. The Labute approximate surface area is 108 Å². The summed E-state index contributed by atoms with van der Waals surface area (Å²) >= 11 is 11.6. The van der Waals surface area contributed by atoms with Crippen LogP contribution in [-0.4, -0.2) is 5.16 Å². The summed E-state index contributed by atoms with van der Waals surface area (Å²) in [6.45, 7) is 0.612. The average Bonchev–Trinajstić information content (AvgIpc) is 2.79. The van der Waals surface area contributed by atoms with Crippen molar-refractivity contribution in [3.8, 4) is 5.75 Å². The Hall–Kier alpha value is -1.23. The summed E-state index contributed by atoms with van der Waals surface area (Å²) in [4.78, 5) is 0. The van der Waals surface area contributed by atoms with Crippen LogP contribution >= 0.6 is 23.2 Å². The number of benzene rings is 1. The molecule has 90 valence electrons. The Morgan fingerprint density at radius 3 is 2.71 bits per heavy atom. The third-order valence-corrected chi connectivity index (χ3v) is 2.83. The van der Waals surface area contributed by atoms with Crippen molar-refractivity contribution in [1.29, 1.82) is 0 Å². The van der Waals surface area contributed by atoms with Gasteiger partial charge in [0.05, 0.1) is 15.7 Å². The maximum atomic E-state index is 5.86. The van der Waals surface area contributed by atoms with Crippen molar-refractivity contribution >= 4 is 23.2 Å². The van der Waals surface area contributed by atoms with Gasteiger partial charge in [-0.05, 0) is 12.1 Å². The Kier molecular flexibility index (Phi) is 3.89. The van der Waals surface area contributed by atoms with Crippen LogP contribution in [0.25, 0.3) is 0 Å². The van der Waals surface area contributed by atoms with Gasteiger partial charge in [-0.15, -0.1) is 0 Å². The quantitative estimate of drug-likeness (QED) is 0.930. The van der Waals surface area contributed by atoms with Gasteiger partial charge in [0.1, 0.15) is 12.4 Å². The molecule has 0 aliphatic heterocycles. The number of aromatic nitrogens is 1. The fourth-order valence-electron chi connectivity index (χ4n) is 1.24. The van der Waals surface area contributed by atoms with Crippen LogP contribution in [0.15, 0.2) is 28.8 Å². The molecule has 1 aromatic heterocycles. The molecule has 0 bridgehead atoms. The van der Waals surface area contributed by atoms with Gasteiger partial charge >= 0.3 is 0 Å². The van der Waals surface area contributed by atoms with Gasteiger partial charge in [0, 0.05) is 18.7 Å². The van der Waals surface area contributed by atoms with Gasteiger partial charge in [-0.2, -0.15) is 0 Å². The van der Waals surface area contributed by atoms with E-state index in [0.717, 1.165) is 0 Å². The van der Waals surface area contributed by atoms with Crippen LogP contribution in [0.3, 0.4) is 0 Å². The average molecular weight is 273 g/mol. The first-order valence-electron chi connectivity index (χ1n) is 4.91. The Bertz CT molecular complexity index is 514. The van der Waals surface area contributed by atoms with E-state index >= 15 is 0 Å². The van der Waals surface area contributed by atoms with E-state index in [0.29, 0.717) is 33.8 Å². The lowest BCUT2D eigenvalue weighted by Gasteiger charge is -2.04. The van der Waals surface area contributed by atoms with Crippen LogP contribution in [0, 0.1) is 0 Å². The van der Waals surface area contributed by atoms with E-state index in [4.69, 9.17) is 38.2 Å². The first-order valence-corrected chi connectivity index (χ1v) is 5.67. The number of nitrogens with zero attached hydrogens (tertiary/aromatic N) is 1. The molecule has 0 saturated carbocycles. The zero-order chi connectivity index (χ0) is 12.3. The van der Waals surface area contributed by atoms with Crippen LogP contribution in [0.4, 0.5) is 0 Å². The van der Waals surface area contributed by atoms with Gasteiger partial charge in [-0.3, -0.25) is 0 Å². The minimum atomic E-state index is 0.269. The van der Waals surface area contributed by atoms with Gasteiger partial charge in [-0.25, -0.2) is 0 Å². The van der Waals surface area contributed by atoms with E-state index in [9.17, 15) is 0 Å². The molecule has 17 heavy (non-hydrogen) atoms. The first kappa shape index (κ1) is 12.2. The lowest BCUT2D eigenvalue weighted by atomic mass is 10.3. The monoisotopic (exact) mass is 272 g/mol. The minimum Gasteiger partial charge on any atom is -0.485 e. The van der Waals surface area contributed by atoms with E-state index in [1.807, 2.05) is 0 Å². The van der Waals surface area contributed by atoms with Gasteiger partial charge in [0.2, 0.25) is 0 Å². The Morgan fingerprint density at radius 1 is 1.24 bits per heavy atom. The van der Waals surface area contributed by atoms with Crippen LogP contribution in [-0.2, 0) is 13.2 Å². The summed E-state index contributed by atoms with van der Waals surface area (Å²) in [6.07, 6.45) is 0. The Balaban J connectivity index is 1.99. The van der Waals surface area contributed by atoms with Crippen molar-refractivity contribution < 1.29 is 9.26 Å². The third kappa shape index (κ3) is 3.12. The molecule has 2 rings (SSSR count). The Morgan fingerprint density at radius 2 is 2.06 bits per heavy atom. The van der Waals surface area contributed by atoms with Crippen LogP contribution in [0.2, 0.25) is 10.0 Å². The van der Waals surface area contributed by atoms with Crippen molar-refractivity contribution in [2.75, 3.05) is 0 Å². The van der Waals surface area contributed by atoms with Crippen molar-refractivity contribution in [3.63, 3.8) is 0 Å². The van der Waals surface area contributed by atoms with Gasteiger partial charge in [0.25, 0.3) is 0 Å². The molecule has 0 fully saturated rings. The molecular formula is C11H10Cl2N2O2. The SMILES string of the molecule is NCc1cc(COc2ccc(Cl)c(Cl)c2)on1. The second-order valence-corrected chi connectivity index (χ2v) is 4.17. The van der Waals surface area contributed by atoms with Crippen LogP contribution < -0.4 is 10.5 Å². The smallest absolute Gasteiger partial charge is 0.174 e. The molecule has 0 amide bonds. The van der Waals surface area contributed by atoms with Crippen molar-refractivity contribution in [2.24, 2.45) is 5.73 Å². The highest BCUT2D eigenvalue weighted by Gasteiger charge is 2.05. The lowest BCUT2D eigenvalue weighted by Crippen LogP contribution is -1.96. The van der Waals surface area contributed by atoms with Crippen LogP contribution in [0.5, 0.6) is 5.75 Å². The van der Waals surface area contributed by atoms with E-state index in [1.165, 1.54) is 0 Å². The molecule has 0 spiro atoms. The first-order chi connectivity index (χ1) is 8.19. The number of hydrogen-bond acceptors (Lipinski definition) is 4. The van der Waals surface area contributed by atoms with Gasteiger partial charge in [0.15, 0.2) is 5.76 Å². The molecule has 0 aliphatic carbocycles. The highest BCUT2D eigenvalue weighted by Crippen LogP contribution is 2.26. The molecule has 0 radical (unpaired) electrons. The predicted octanol–water partition coefficient (Wildman–Crippen LogP) is 3.02. The fourth-order valence-corrected chi connectivity index (χ4v) is 1.53. The zero-order valence-corrected chi connectivity index (χ0v) is 10.3. The topological polar surface area (TPSA) is 61.3 Å². The zero-order valence-electron chi connectivity index (χ0n) is 8.82. The van der Waals surface area contributed by atoms with Crippen molar-refractivity contribution in [3.05, 3.63) is 45.8 Å². The molecule has 0 aliphatic rings. The van der Waals surface area contributed by atoms with E-state index in [2.05, 4.69) is 5.16 Å². The maximum Gasteiger partial charge on any atom is 0.174 e. The number of rotatable bonds is 4. The molecule has 2 aromatic rings. The standard InChI is InChI=1S/C11H10Cl2N2O2/c12-10-2-1-8(4-11(10)13)16-6-9-3-7(5-14)15-17-9/h1-4H,5-6,14H2. The lowest BCUT2D eigenvalue weighted by molar-refractivity contribution is 0.248. The molecule has 0 unspecified atom stereocenters. The number of ether oxygens (including phenoxy) is 1. The predicted molar refractivity (Wildman–Crippen MR) is 65.2 cm³/mol. The number of halogens is 2. The van der Waals surface area contributed by atoms with Gasteiger partial charge < -0.3 is 15.0 Å². The molecule has 1 heterocycles. The largest absolute Gasteiger partial charge is 0.485 e. The summed E-state index contributed by atoms with van der Waals surface area (Å²) in [7, 11) is 0. The van der Waals surface area contributed by atoms with E-state index in [-0.39, 0.29) is 6.61 Å². The van der Waals surface area contributed by atoms with Crippen LogP contribution in [0.1, 0.15) is 11.5 Å². The fraction of sp³-hybridized carbons (Fsp3) is 0.182. The highest BCUT2D eigenvalue weighted by molar-refractivity contribution is 6.42. The van der Waals surface area contributed by atoms with Crippen molar-refractivity contribution in [1.82, 2.24) is 5.16 Å². The molecule has 0 saturated heterocycles. The summed E-state index contributed by atoms with van der Waals surface area (Å²) < 4.78 is 10.5. The molecular weight excluding hydrogens is 263 g/mol. The summed E-state index contributed by atoms with van der Waals surface area (Å²) in [5.74, 6) is 1.22. The van der Waals surface area contributed by atoms with E-state index < -0.39 is 0 Å². The van der Waals surface area contributed by atoms with Gasteiger partial charge in [-0.1, -0.05) is 28.4 Å². The van der Waals surface area contributed by atoms with E-state index in [1.54, 1.807) is 24.3 Å². The van der Waals surface area contributed by atoms with Crippen molar-refractivity contribution in [2.45, 2.75) is 13.2 Å². The number of nitrogens with two attached hydrogens (primary N) is 1. The molecule has 4 nitrogen and oxygen atoms in total. The highest BCUT2D eigenvalue weighted by atomic mass is 35.5. The second kappa shape index (κ2) is 5.40.